The second-order valence-electron chi connectivity index (χ2n) is 8.68. The van der Waals surface area contributed by atoms with Crippen LogP contribution >= 0.6 is 0 Å². The molecule has 0 saturated carbocycles. The molecule has 0 fully saturated rings. The molecule has 6 nitrogen and oxygen atoms in total. The summed E-state index contributed by atoms with van der Waals surface area (Å²) >= 11 is 0. The van der Waals surface area contributed by atoms with Crippen LogP contribution in [0.15, 0.2) is 89.9 Å². The minimum Gasteiger partial charge on any atom is -0.478 e. The molecule has 1 heterocycles. The third-order valence-electron chi connectivity index (χ3n) is 5.68. The molecular formula is C28H26N2O4. The van der Waals surface area contributed by atoms with Crippen LogP contribution in [0.25, 0.3) is 11.1 Å². The van der Waals surface area contributed by atoms with Crippen molar-refractivity contribution in [3.8, 4) is 11.1 Å². The van der Waals surface area contributed by atoms with Gasteiger partial charge in [0.2, 0.25) is 0 Å². The lowest BCUT2D eigenvalue weighted by atomic mass is 9.98. The Morgan fingerprint density at radius 3 is 2.18 bits per heavy atom. The van der Waals surface area contributed by atoms with E-state index in [4.69, 9.17) is 0 Å². The van der Waals surface area contributed by atoms with Gasteiger partial charge >= 0.3 is 11.7 Å². The number of nitrogens with zero attached hydrogens (tertiary/aromatic N) is 2. The van der Waals surface area contributed by atoms with Gasteiger partial charge in [-0.15, -0.1) is 0 Å². The normalized spacial score (nSPS) is 11.0. The molecule has 0 amide bonds. The fraction of sp³-hybridized carbons (Fsp3) is 0.179. The van der Waals surface area contributed by atoms with Gasteiger partial charge in [-0.1, -0.05) is 74.5 Å². The van der Waals surface area contributed by atoms with Crippen LogP contribution < -0.4 is 5.69 Å². The number of carbonyl (C=O) groups excluding carboxylic acids is 1. The van der Waals surface area contributed by atoms with Crippen molar-refractivity contribution in [3.63, 3.8) is 0 Å². The average molecular weight is 455 g/mol. The van der Waals surface area contributed by atoms with Crippen molar-refractivity contribution in [2.24, 2.45) is 5.92 Å². The van der Waals surface area contributed by atoms with E-state index >= 15 is 0 Å². The summed E-state index contributed by atoms with van der Waals surface area (Å²) in [5.74, 6) is -1.02. The summed E-state index contributed by atoms with van der Waals surface area (Å²) in [6, 6.07) is 23.1. The highest BCUT2D eigenvalue weighted by Crippen LogP contribution is 2.24. The third-order valence-corrected chi connectivity index (χ3v) is 5.68. The number of hydrogen-bond donors (Lipinski definition) is 1. The molecular weight excluding hydrogens is 428 g/mol. The van der Waals surface area contributed by atoms with Crippen LogP contribution in [0.3, 0.4) is 0 Å². The van der Waals surface area contributed by atoms with Crippen LogP contribution in [0.1, 0.15) is 45.8 Å². The fourth-order valence-electron chi connectivity index (χ4n) is 4.04. The lowest BCUT2D eigenvalue weighted by molar-refractivity contribution is 0.0697. The number of aromatic nitrogens is 2. The molecule has 34 heavy (non-hydrogen) atoms. The molecule has 4 aromatic rings. The Kier molecular flexibility index (Phi) is 6.59. The molecule has 0 aliphatic carbocycles. The SMILES string of the molecule is CC(C)Cc1cn(C(=O)c2ccccc2)c(=O)n1Cc1ccc(-c2ccccc2C(=O)O)cc1. The fourth-order valence-corrected chi connectivity index (χ4v) is 4.04. The first-order valence-electron chi connectivity index (χ1n) is 11.2. The molecule has 6 heteroatoms. The summed E-state index contributed by atoms with van der Waals surface area (Å²) in [4.78, 5) is 37.8. The lowest BCUT2D eigenvalue weighted by Gasteiger charge is -2.11. The number of carboxylic acid groups (broad SMARTS) is 1. The predicted octanol–water partition coefficient (Wildman–Crippen LogP) is 4.95. The Hall–Kier alpha value is -4.19. The first kappa shape index (κ1) is 23.0. The first-order valence-corrected chi connectivity index (χ1v) is 11.2. The second kappa shape index (κ2) is 9.75. The number of carboxylic acids is 1. The Morgan fingerprint density at radius 2 is 1.53 bits per heavy atom. The van der Waals surface area contributed by atoms with E-state index in [0.29, 0.717) is 30.0 Å². The van der Waals surface area contributed by atoms with Crippen LogP contribution in [-0.2, 0) is 13.0 Å². The van der Waals surface area contributed by atoms with Crippen LogP contribution in [0.5, 0.6) is 0 Å². The van der Waals surface area contributed by atoms with E-state index in [0.717, 1.165) is 16.8 Å². The van der Waals surface area contributed by atoms with E-state index in [2.05, 4.69) is 13.8 Å². The number of aromatic carboxylic acids is 1. The van der Waals surface area contributed by atoms with Gasteiger partial charge in [-0.2, -0.15) is 0 Å². The van der Waals surface area contributed by atoms with Crippen molar-refractivity contribution in [1.82, 2.24) is 9.13 Å². The Labute approximate surface area is 197 Å². The van der Waals surface area contributed by atoms with Crippen molar-refractivity contribution in [3.05, 3.63) is 118 Å². The van der Waals surface area contributed by atoms with Crippen molar-refractivity contribution in [2.75, 3.05) is 0 Å². The summed E-state index contributed by atoms with van der Waals surface area (Å²) < 4.78 is 2.82. The average Bonchev–Trinajstić information content (AvgIpc) is 3.14. The van der Waals surface area contributed by atoms with Crippen LogP contribution in [0.2, 0.25) is 0 Å². The summed E-state index contributed by atoms with van der Waals surface area (Å²) in [7, 11) is 0. The maximum Gasteiger partial charge on any atom is 0.336 e. The summed E-state index contributed by atoms with van der Waals surface area (Å²) in [6.07, 6.45) is 2.31. The van der Waals surface area contributed by atoms with Gasteiger partial charge in [0.15, 0.2) is 0 Å². The first-order chi connectivity index (χ1) is 16.3. The minimum absolute atomic E-state index is 0.238. The van der Waals surface area contributed by atoms with Gasteiger partial charge in [0.1, 0.15) is 0 Å². The number of carbonyl (C=O) groups is 2. The topological polar surface area (TPSA) is 81.3 Å². The summed E-state index contributed by atoms with van der Waals surface area (Å²) in [5.41, 5.74) is 3.43. The van der Waals surface area contributed by atoms with E-state index < -0.39 is 5.97 Å². The van der Waals surface area contributed by atoms with Gasteiger partial charge in [0.05, 0.1) is 12.1 Å². The van der Waals surface area contributed by atoms with Crippen LogP contribution in [-0.4, -0.2) is 26.1 Å². The molecule has 0 aliphatic rings. The highest BCUT2D eigenvalue weighted by molar-refractivity contribution is 5.96. The molecule has 0 radical (unpaired) electrons. The highest BCUT2D eigenvalue weighted by atomic mass is 16.4. The lowest BCUT2D eigenvalue weighted by Crippen LogP contribution is -2.30. The van der Waals surface area contributed by atoms with Gasteiger partial charge in [0, 0.05) is 17.5 Å². The van der Waals surface area contributed by atoms with Crippen molar-refractivity contribution >= 4 is 11.9 Å². The predicted molar refractivity (Wildman–Crippen MR) is 131 cm³/mol. The largest absolute Gasteiger partial charge is 0.478 e. The van der Waals surface area contributed by atoms with Crippen molar-refractivity contribution in [2.45, 2.75) is 26.8 Å². The third kappa shape index (κ3) is 4.76. The molecule has 0 saturated heterocycles. The van der Waals surface area contributed by atoms with E-state index in [9.17, 15) is 19.5 Å². The van der Waals surface area contributed by atoms with Gasteiger partial charge in [-0.3, -0.25) is 9.36 Å². The Balaban J connectivity index is 1.67. The molecule has 0 spiro atoms. The van der Waals surface area contributed by atoms with Crippen molar-refractivity contribution < 1.29 is 14.7 Å². The zero-order valence-electron chi connectivity index (χ0n) is 19.1. The monoisotopic (exact) mass is 454 g/mol. The van der Waals surface area contributed by atoms with E-state index in [1.54, 1.807) is 59.3 Å². The van der Waals surface area contributed by atoms with E-state index in [-0.39, 0.29) is 17.2 Å². The summed E-state index contributed by atoms with van der Waals surface area (Å²) in [5, 5.41) is 9.47. The molecule has 1 N–H and O–H groups in total. The molecule has 4 rings (SSSR count). The van der Waals surface area contributed by atoms with Gasteiger partial charge in [-0.05, 0) is 47.2 Å². The molecule has 0 aliphatic heterocycles. The number of rotatable bonds is 7. The van der Waals surface area contributed by atoms with E-state index in [1.165, 1.54) is 4.57 Å². The van der Waals surface area contributed by atoms with E-state index in [1.807, 2.05) is 30.3 Å². The standard InChI is InChI=1S/C28H26N2O4/c1-19(2)16-23-18-30(26(31)22-8-4-3-5-9-22)28(34)29(23)17-20-12-14-21(15-13-20)24-10-6-7-11-25(24)27(32)33/h3-15,18-19H,16-17H2,1-2H3,(H,32,33). The molecule has 0 atom stereocenters. The van der Waals surface area contributed by atoms with Crippen molar-refractivity contribution in [1.29, 1.82) is 0 Å². The zero-order valence-corrected chi connectivity index (χ0v) is 19.1. The van der Waals surface area contributed by atoms with Gasteiger partial charge < -0.3 is 5.11 Å². The number of imidazole rings is 1. The molecule has 172 valence electrons. The van der Waals surface area contributed by atoms with Gasteiger partial charge in [0.25, 0.3) is 5.91 Å². The quantitative estimate of drug-likeness (QED) is 0.428. The maximum absolute atomic E-state index is 13.2. The van der Waals surface area contributed by atoms with Crippen LogP contribution in [0.4, 0.5) is 0 Å². The smallest absolute Gasteiger partial charge is 0.336 e. The second-order valence-corrected chi connectivity index (χ2v) is 8.68. The molecule has 3 aromatic carbocycles. The molecule has 0 bridgehead atoms. The maximum atomic E-state index is 13.2. The Bertz CT molecular complexity index is 1380. The molecule has 1 aromatic heterocycles. The Morgan fingerprint density at radius 1 is 0.882 bits per heavy atom. The minimum atomic E-state index is -0.978. The van der Waals surface area contributed by atoms with Gasteiger partial charge in [-0.25, -0.2) is 14.2 Å². The molecule has 0 unspecified atom stereocenters. The number of hydrogen-bond acceptors (Lipinski definition) is 3. The summed E-state index contributed by atoms with van der Waals surface area (Å²) in [6.45, 7) is 4.45. The number of benzene rings is 3. The van der Waals surface area contributed by atoms with Crippen LogP contribution in [0, 0.1) is 5.92 Å². The zero-order chi connectivity index (χ0) is 24.2. The highest BCUT2D eigenvalue weighted by Gasteiger charge is 2.19.